The quantitative estimate of drug-likeness (QED) is 0.0662. The highest BCUT2D eigenvalue weighted by molar-refractivity contribution is 7.90. The van der Waals surface area contributed by atoms with Gasteiger partial charge in [0.05, 0.1) is 30.6 Å². The first-order valence-corrected chi connectivity index (χ1v) is 23.5. The monoisotopic (exact) mass is 981 g/mol. The molecular weight excluding hydrogens is 918 g/mol. The van der Waals surface area contributed by atoms with Gasteiger partial charge in [0.25, 0.3) is 0 Å². The first kappa shape index (κ1) is 58.8. The van der Waals surface area contributed by atoms with Crippen LogP contribution in [0.2, 0.25) is 5.02 Å². The van der Waals surface area contributed by atoms with Gasteiger partial charge in [-0.1, -0.05) is 63.6 Å². The Morgan fingerprint density at radius 1 is 0.754 bits per heavy atom. The summed E-state index contributed by atoms with van der Waals surface area (Å²) in [5, 5.41) is 65.8. The Labute approximate surface area is 385 Å². The first-order chi connectivity index (χ1) is 30.4. The van der Waals surface area contributed by atoms with Gasteiger partial charge in [-0.3, -0.25) is 0 Å². The van der Waals surface area contributed by atoms with Crippen LogP contribution in [0.15, 0.2) is 70.5 Å². The van der Waals surface area contributed by atoms with Crippen LogP contribution in [-0.2, 0) is 52.0 Å². The van der Waals surface area contributed by atoms with E-state index in [1.54, 1.807) is 14.2 Å². The summed E-state index contributed by atoms with van der Waals surface area (Å²) in [6, 6.07) is 18.7. The van der Waals surface area contributed by atoms with Crippen LogP contribution < -0.4 is 35.3 Å². The lowest BCUT2D eigenvalue weighted by atomic mass is 10.1. The van der Waals surface area contributed by atoms with Crippen molar-refractivity contribution in [2.24, 2.45) is 5.14 Å². The molecule has 3 aromatic carbocycles. The van der Waals surface area contributed by atoms with Gasteiger partial charge in [-0.25, -0.2) is 31.6 Å². The van der Waals surface area contributed by atoms with Gasteiger partial charge in [0.15, 0.2) is 12.2 Å². The van der Waals surface area contributed by atoms with Crippen molar-refractivity contribution in [1.29, 1.82) is 0 Å². The summed E-state index contributed by atoms with van der Waals surface area (Å²) in [5.74, 6) is -1.97. The Bertz CT molecular complexity index is 1990. The van der Waals surface area contributed by atoms with Gasteiger partial charge in [-0.15, -0.1) is 0 Å². The number of sulfonamides is 2. The van der Waals surface area contributed by atoms with Crippen LogP contribution >= 0.6 is 11.6 Å². The molecule has 24 heteroatoms. The molecule has 2 unspecified atom stereocenters. The summed E-state index contributed by atoms with van der Waals surface area (Å²) >= 11 is 5.72. The van der Waals surface area contributed by atoms with Gasteiger partial charge in [0.2, 0.25) is 20.0 Å². The molecule has 12 N–H and O–H groups in total. The SMILES string of the molecule is COCCc1ccc(OCC(O)CNC(C)C)cc1.COCCc1ccc(OCC(O)CNC(C)C)cc1.NS(=O)(=O)c1cc2c(cc1Cl)NCNS2(=O)=O.O=C(O)[C@H](O)[C@@H](O)C(=O)O. The van der Waals surface area contributed by atoms with E-state index in [1.807, 2.05) is 76.2 Å². The highest BCUT2D eigenvalue weighted by atomic mass is 35.5. The van der Waals surface area contributed by atoms with E-state index in [0.29, 0.717) is 38.4 Å². The zero-order valence-corrected chi connectivity index (χ0v) is 39.5. The lowest BCUT2D eigenvalue weighted by molar-refractivity contribution is -0.165. The van der Waals surface area contributed by atoms with Crippen LogP contribution in [0.25, 0.3) is 0 Å². The summed E-state index contributed by atoms with van der Waals surface area (Å²) in [7, 11) is -4.40. The molecule has 65 heavy (non-hydrogen) atoms. The first-order valence-electron chi connectivity index (χ1n) is 20.1. The van der Waals surface area contributed by atoms with Crippen molar-refractivity contribution in [3.8, 4) is 11.5 Å². The van der Waals surface area contributed by atoms with Crippen molar-refractivity contribution in [3.05, 3.63) is 76.8 Å². The molecule has 21 nitrogen and oxygen atoms in total. The van der Waals surface area contributed by atoms with Gasteiger partial charge in [0, 0.05) is 39.4 Å². The number of nitrogens with two attached hydrogens (primary N) is 1. The molecular formula is C41H64ClN5O16S2. The maximum absolute atomic E-state index is 11.6. The number of benzene rings is 3. The molecule has 1 aliphatic heterocycles. The Kier molecular flexibility index (Phi) is 27.3. The fourth-order valence-electron chi connectivity index (χ4n) is 4.88. The van der Waals surface area contributed by atoms with Crippen molar-refractivity contribution >= 4 is 49.3 Å². The number of rotatable bonds is 22. The molecule has 0 saturated heterocycles. The summed E-state index contributed by atoms with van der Waals surface area (Å²) in [6.07, 6.45) is -3.71. The molecule has 3 aromatic rings. The van der Waals surface area contributed by atoms with Crippen molar-refractivity contribution in [1.82, 2.24) is 15.4 Å². The van der Waals surface area contributed by atoms with Crippen molar-refractivity contribution in [2.75, 3.05) is 65.7 Å². The minimum atomic E-state index is -4.07. The number of anilines is 1. The second-order valence-electron chi connectivity index (χ2n) is 14.7. The Morgan fingerprint density at radius 2 is 1.15 bits per heavy atom. The third-order valence-electron chi connectivity index (χ3n) is 8.42. The summed E-state index contributed by atoms with van der Waals surface area (Å²) < 4.78 is 69.0. The number of ether oxygens (including phenoxy) is 4. The van der Waals surface area contributed by atoms with E-state index in [9.17, 15) is 36.6 Å². The van der Waals surface area contributed by atoms with Gasteiger partial charge in [0.1, 0.15) is 46.7 Å². The normalized spacial score (nSPS) is 14.6. The molecule has 1 heterocycles. The number of hydrogen-bond donors (Lipinski definition) is 11. The van der Waals surface area contributed by atoms with Crippen LogP contribution in [0.4, 0.5) is 5.69 Å². The smallest absolute Gasteiger partial charge is 0.335 e. The minimum Gasteiger partial charge on any atom is -0.491 e. The van der Waals surface area contributed by atoms with E-state index >= 15 is 0 Å². The second-order valence-corrected chi connectivity index (χ2v) is 18.4. The number of methoxy groups -OCH3 is 2. The van der Waals surface area contributed by atoms with E-state index in [0.717, 1.165) is 43.6 Å². The van der Waals surface area contributed by atoms with Crippen LogP contribution in [0.3, 0.4) is 0 Å². The molecule has 0 fully saturated rings. The molecule has 0 aliphatic carbocycles. The fraction of sp³-hybridized carbons (Fsp3) is 0.512. The summed E-state index contributed by atoms with van der Waals surface area (Å²) in [6.45, 7) is 11.3. The zero-order valence-electron chi connectivity index (χ0n) is 37.1. The number of carbonyl (C=O) groups is 2. The number of aliphatic hydroxyl groups is 4. The van der Waals surface area contributed by atoms with E-state index in [4.69, 9.17) is 56.1 Å². The van der Waals surface area contributed by atoms with Gasteiger partial charge < -0.3 is 65.5 Å². The molecule has 0 radical (unpaired) electrons. The molecule has 0 spiro atoms. The average molecular weight is 983 g/mol. The standard InChI is InChI=1S/2C15H25NO3.C7H8ClN3O4S2.C4H6O6/c2*1-12(2)16-10-14(17)11-19-15-6-4-13(5-7-15)8-9-18-3;8-4-1-5-7(2-6(4)16(9,12)13)17(14,15)11-3-10-5;5-1(3(7)8)2(6)4(9)10/h2*4-7,12,14,16-17H,8-11H2,1-3H3;1-2,10-11H,3H2,(H2,9,12,13);1-2,5-6H,(H,7,8)(H,9,10)/t;;;1-,2-/m...1/s1. The highest BCUT2D eigenvalue weighted by Crippen LogP contribution is 2.32. The number of fused-ring (bicyclic) bond motifs is 1. The Hall–Kier alpha value is -4.21. The lowest BCUT2D eigenvalue weighted by Gasteiger charge is -2.20. The summed E-state index contributed by atoms with van der Waals surface area (Å²) in [4.78, 5) is 18.9. The van der Waals surface area contributed by atoms with E-state index < -0.39 is 61.3 Å². The van der Waals surface area contributed by atoms with Crippen LogP contribution in [0, 0.1) is 0 Å². The largest absolute Gasteiger partial charge is 0.491 e. The lowest BCUT2D eigenvalue weighted by Crippen LogP contribution is -2.39. The van der Waals surface area contributed by atoms with E-state index in [1.165, 1.54) is 17.2 Å². The third kappa shape index (κ3) is 24.2. The van der Waals surface area contributed by atoms with Crippen LogP contribution in [-0.4, -0.2) is 156 Å². The number of aliphatic hydroxyl groups excluding tert-OH is 4. The van der Waals surface area contributed by atoms with Crippen molar-refractivity contribution < 1.29 is 76.0 Å². The number of carboxylic acid groups (broad SMARTS) is 2. The minimum absolute atomic E-state index is 0.0143. The Balaban J connectivity index is 0.000000444. The molecule has 0 amide bonds. The number of nitrogens with one attached hydrogen (secondary N) is 4. The molecule has 4 atom stereocenters. The molecule has 368 valence electrons. The molecule has 0 saturated carbocycles. The number of hydrogen-bond acceptors (Lipinski definition) is 17. The van der Waals surface area contributed by atoms with Gasteiger partial charge in [-0.2, -0.15) is 4.72 Å². The van der Waals surface area contributed by atoms with Gasteiger partial charge >= 0.3 is 11.9 Å². The summed E-state index contributed by atoms with van der Waals surface area (Å²) in [5.41, 5.74) is 2.67. The molecule has 4 rings (SSSR count). The van der Waals surface area contributed by atoms with E-state index in [2.05, 4.69) is 20.7 Å². The van der Waals surface area contributed by atoms with E-state index in [-0.39, 0.29) is 22.3 Å². The average Bonchev–Trinajstić information content (AvgIpc) is 3.24. The maximum atomic E-state index is 11.6. The topological polar surface area (TPSA) is 335 Å². The van der Waals surface area contributed by atoms with Crippen LogP contribution in [0.1, 0.15) is 38.8 Å². The number of primary sulfonamides is 1. The van der Waals surface area contributed by atoms with Crippen molar-refractivity contribution in [2.45, 2.75) is 86.8 Å². The van der Waals surface area contributed by atoms with Crippen molar-refractivity contribution in [3.63, 3.8) is 0 Å². The van der Waals surface area contributed by atoms with Gasteiger partial charge in [-0.05, 0) is 60.4 Å². The fourth-order valence-corrected chi connectivity index (χ4v) is 7.16. The zero-order chi connectivity index (χ0) is 49.3. The highest BCUT2D eigenvalue weighted by Gasteiger charge is 2.29. The molecule has 0 aromatic heterocycles. The Morgan fingerprint density at radius 3 is 1.49 bits per heavy atom. The second kappa shape index (κ2) is 30.1. The number of carboxylic acids is 2. The predicted molar refractivity (Wildman–Crippen MR) is 242 cm³/mol. The third-order valence-corrected chi connectivity index (χ3v) is 11.2. The maximum Gasteiger partial charge on any atom is 0.335 e. The molecule has 0 bridgehead atoms. The number of halogens is 1. The molecule has 1 aliphatic rings. The van der Waals surface area contributed by atoms with Crippen LogP contribution in [0.5, 0.6) is 11.5 Å². The number of aliphatic carboxylic acids is 2. The predicted octanol–water partition coefficient (Wildman–Crippen LogP) is 0.753.